The summed E-state index contributed by atoms with van der Waals surface area (Å²) in [6, 6.07) is 0. The molecule has 0 radical (unpaired) electrons. The van der Waals surface area contributed by atoms with Crippen LogP contribution in [-0.2, 0) is 19.9 Å². The van der Waals surface area contributed by atoms with Crippen LogP contribution in [0, 0.1) is 0 Å². The molecular formula is C20H30N4O3. The summed E-state index contributed by atoms with van der Waals surface area (Å²) >= 11 is 0. The lowest BCUT2D eigenvalue weighted by atomic mass is 9.85. The van der Waals surface area contributed by atoms with Crippen LogP contribution in [0.5, 0.6) is 0 Å². The monoisotopic (exact) mass is 374 g/mol. The fourth-order valence-electron chi connectivity index (χ4n) is 4.04. The zero-order valence-corrected chi connectivity index (χ0v) is 16.2. The van der Waals surface area contributed by atoms with Gasteiger partial charge in [-0.15, -0.1) is 0 Å². The van der Waals surface area contributed by atoms with Crippen LogP contribution in [0.4, 0.5) is 0 Å². The number of ether oxygens (including phenoxy) is 1. The molecule has 0 bridgehead atoms. The molecule has 2 heterocycles. The number of likely N-dealkylation sites (tertiary alicyclic amines) is 1. The molecule has 2 amide bonds. The van der Waals surface area contributed by atoms with Crippen molar-refractivity contribution in [2.24, 2.45) is 0 Å². The number of aromatic nitrogens is 2. The molecule has 1 aliphatic heterocycles. The number of piperidine rings is 1. The summed E-state index contributed by atoms with van der Waals surface area (Å²) in [6.45, 7) is 2.12. The summed E-state index contributed by atoms with van der Waals surface area (Å²) in [6.07, 6.45) is 13.7. The molecule has 1 aromatic heterocycles. The zero-order chi connectivity index (χ0) is 19.1. The van der Waals surface area contributed by atoms with Crippen molar-refractivity contribution in [3.63, 3.8) is 0 Å². The number of methoxy groups -OCH3 is 1. The largest absolute Gasteiger partial charge is 0.383 e. The quantitative estimate of drug-likeness (QED) is 0.584. The molecule has 0 aromatic carbocycles. The van der Waals surface area contributed by atoms with Gasteiger partial charge in [0.05, 0.1) is 12.9 Å². The molecule has 7 nitrogen and oxygen atoms in total. The van der Waals surface area contributed by atoms with Crippen molar-refractivity contribution < 1.29 is 14.3 Å². The first-order chi connectivity index (χ1) is 13.2. The highest BCUT2D eigenvalue weighted by Gasteiger charge is 2.43. The lowest BCUT2D eigenvalue weighted by Gasteiger charge is -2.41. The van der Waals surface area contributed by atoms with Gasteiger partial charge in [-0.3, -0.25) is 9.59 Å². The Labute approximate surface area is 160 Å². The van der Waals surface area contributed by atoms with Gasteiger partial charge in [0.1, 0.15) is 5.54 Å². The Balaban J connectivity index is 1.64. The molecule has 0 unspecified atom stereocenters. The van der Waals surface area contributed by atoms with Crippen LogP contribution in [0.15, 0.2) is 30.4 Å². The van der Waals surface area contributed by atoms with Crippen LogP contribution in [-0.4, -0.2) is 59.6 Å². The predicted octanol–water partition coefficient (Wildman–Crippen LogP) is 1.85. The molecule has 2 aliphatic rings. The third kappa shape index (κ3) is 4.58. The van der Waals surface area contributed by atoms with Crippen LogP contribution in [0.3, 0.4) is 0 Å². The highest BCUT2D eigenvalue weighted by Crippen LogP contribution is 2.31. The second-order valence-corrected chi connectivity index (χ2v) is 7.42. The number of amides is 2. The average molecular weight is 374 g/mol. The Morgan fingerprint density at radius 2 is 2.11 bits per heavy atom. The van der Waals surface area contributed by atoms with Crippen molar-refractivity contribution in [3.8, 4) is 0 Å². The molecule has 0 atom stereocenters. The van der Waals surface area contributed by atoms with Crippen molar-refractivity contribution in [2.45, 2.75) is 50.5 Å². The molecule has 3 rings (SSSR count). The molecule has 1 fully saturated rings. The van der Waals surface area contributed by atoms with Gasteiger partial charge in [0, 0.05) is 45.6 Å². The zero-order valence-electron chi connectivity index (χ0n) is 16.2. The SMILES string of the molecule is COCCNC(=O)C1(n2ccnc2)CCN(C(=O)CC2=CCCCC2)CC1. The first-order valence-electron chi connectivity index (χ1n) is 9.87. The van der Waals surface area contributed by atoms with Crippen molar-refractivity contribution in [1.29, 1.82) is 0 Å². The normalized spacial score (nSPS) is 19.4. The standard InChI is InChI=1S/C20H30N4O3/c1-27-14-10-22-19(26)20(24-13-9-21-16-24)7-11-23(12-8-20)18(25)15-17-5-3-2-4-6-17/h5,9,13,16H,2-4,6-8,10-12,14-15H2,1H3,(H,22,26). The Kier molecular flexibility index (Phi) is 6.66. The fraction of sp³-hybridized carbons (Fsp3) is 0.650. The summed E-state index contributed by atoms with van der Waals surface area (Å²) in [5.74, 6) is 0.154. The van der Waals surface area contributed by atoms with E-state index in [0.717, 1.165) is 12.8 Å². The van der Waals surface area contributed by atoms with E-state index in [-0.39, 0.29) is 11.8 Å². The fourth-order valence-corrected chi connectivity index (χ4v) is 4.04. The predicted molar refractivity (Wildman–Crippen MR) is 102 cm³/mol. The van der Waals surface area contributed by atoms with Crippen LogP contribution < -0.4 is 5.32 Å². The van der Waals surface area contributed by atoms with Crippen molar-refractivity contribution in [3.05, 3.63) is 30.4 Å². The van der Waals surface area contributed by atoms with Crippen LogP contribution in [0.1, 0.15) is 44.9 Å². The number of carbonyl (C=O) groups excluding carboxylic acids is 2. The number of nitrogens with zero attached hydrogens (tertiary/aromatic N) is 3. The Morgan fingerprint density at radius 3 is 2.74 bits per heavy atom. The smallest absolute Gasteiger partial charge is 0.246 e. The molecule has 1 saturated heterocycles. The minimum Gasteiger partial charge on any atom is -0.383 e. The van der Waals surface area contributed by atoms with Gasteiger partial charge >= 0.3 is 0 Å². The number of rotatable bonds is 7. The second kappa shape index (κ2) is 9.17. The van der Waals surface area contributed by atoms with E-state index in [0.29, 0.717) is 45.5 Å². The van der Waals surface area contributed by atoms with Gasteiger partial charge in [-0.2, -0.15) is 0 Å². The molecule has 7 heteroatoms. The second-order valence-electron chi connectivity index (χ2n) is 7.42. The summed E-state index contributed by atoms with van der Waals surface area (Å²) < 4.78 is 6.92. The summed E-state index contributed by atoms with van der Waals surface area (Å²) in [4.78, 5) is 31.7. The van der Waals surface area contributed by atoms with E-state index in [1.54, 1.807) is 19.6 Å². The molecule has 0 saturated carbocycles. The van der Waals surface area contributed by atoms with Gasteiger partial charge in [0.2, 0.25) is 11.8 Å². The lowest BCUT2D eigenvalue weighted by Crippen LogP contribution is -2.56. The van der Waals surface area contributed by atoms with E-state index in [2.05, 4.69) is 16.4 Å². The Hall–Kier alpha value is -2.15. The Morgan fingerprint density at radius 1 is 1.30 bits per heavy atom. The molecule has 27 heavy (non-hydrogen) atoms. The van der Waals surface area contributed by atoms with Gasteiger partial charge in [-0.1, -0.05) is 11.6 Å². The van der Waals surface area contributed by atoms with Gasteiger partial charge in [0.15, 0.2) is 0 Å². The number of hydrogen-bond acceptors (Lipinski definition) is 4. The minimum atomic E-state index is -0.689. The van der Waals surface area contributed by atoms with E-state index in [4.69, 9.17) is 4.74 Å². The van der Waals surface area contributed by atoms with Crippen LogP contribution in [0.25, 0.3) is 0 Å². The van der Waals surface area contributed by atoms with E-state index in [9.17, 15) is 9.59 Å². The first-order valence-corrected chi connectivity index (χ1v) is 9.87. The average Bonchev–Trinajstić information content (AvgIpc) is 3.24. The highest BCUT2D eigenvalue weighted by atomic mass is 16.5. The summed E-state index contributed by atoms with van der Waals surface area (Å²) in [5.41, 5.74) is 0.584. The number of imidazole rings is 1. The number of carbonyl (C=O) groups is 2. The maximum atomic E-state index is 13.0. The van der Waals surface area contributed by atoms with Gasteiger partial charge in [-0.05, 0) is 38.5 Å². The van der Waals surface area contributed by atoms with Crippen LogP contribution in [0.2, 0.25) is 0 Å². The highest BCUT2D eigenvalue weighted by molar-refractivity contribution is 5.85. The lowest BCUT2D eigenvalue weighted by molar-refractivity contribution is -0.139. The van der Waals surface area contributed by atoms with E-state index in [1.807, 2.05) is 15.7 Å². The van der Waals surface area contributed by atoms with Crippen molar-refractivity contribution in [2.75, 3.05) is 33.4 Å². The van der Waals surface area contributed by atoms with Crippen molar-refractivity contribution in [1.82, 2.24) is 19.8 Å². The molecular weight excluding hydrogens is 344 g/mol. The third-order valence-corrected chi connectivity index (χ3v) is 5.72. The first kappa shape index (κ1) is 19.6. The van der Waals surface area contributed by atoms with E-state index >= 15 is 0 Å². The van der Waals surface area contributed by atoms with Crippen molar-refractivity contribution >= 4 is 11.8 Å². The maximum absolute atomic E-state index is 13.0. The van der Waals surface area contributed by atoms with Gasteiger partial charge in [-0.25, -0.2) is 4.98 Å². The minimum absolute atomic E-state index is 0.0281. The third-order valence-electron chi connectivity index (χ3n) is 5.72. The molecule has 1 aliphatic carbocycles. The Bertz CT molecular complexity index is 661. The molecule has 1 N–H and O–H groups in total. The summed E-state index contributed by atoms with van der Waals surface area (Å²) in [7, 11) is 1.61. The topological polar surface area (TPSA) is 76.5 Å². The van der Waals surface area contributed by atoms with E-state index in [1.165, 1.54) is 18.4 Å². The maximum Gasteiger partial charge on any atom is 0.246 e. The number of nitrogens with one attached hydrogen (secondary N) is 1. The number of allylic oxidation sites excluding steroid dienone is 1. The van der Waals surface area contributed by atoms with E-state index < -0.39 is 5.54 Å². The molecule has 0 spiro atoms. The van der Waals surface area contributed by atoms with Gasteiger partial charge < -0.3 is 19.5 Å². The number of hydrogen-bond donors (Lipinski definition) is 1. The molecule has 1 aromatic rings. The molecule has 148 valence electrons. The van der Waals surface area contributed by atoms with Gasteiger partial charge in [0.25, 0.3) is 0 Å². The van der Waals surface area contributed by atoms with Crippen LogP contribution >= 0.6 is 0 Å². The summed E-state index contributed by atoms with van der Waals surface area (Å²) in [5, 5.41) is 2.97.